The highest BCUT2D eigenvalue weighted by Gasteiger charge is 2.32. The van der Waals surface area contributed by atoms with Crippen molar-refractivity contribution >= 4 is 40.3 Å². The topological polar surface area (TPSA) is 83.0 Å². The van der Waals surface area contributed by atoms with Gasteiger partial charge in [0.05, 0.1) is 29.3 Å². The Morgan fingerprint density at radius 2 is 2.19 bits per heavy atom. The molecule has 0 saturated carbocycles. The van der Waals surface area contributed by atoms with E-state index >= 15 is 0 Å². The number of anilines is 1. The van der Waals surface area contributed by atoms with E-state index in [9.17, 15) is 4.39 Å². The minimum absolute atomic E-state index is 0.0116. The molecule has 1 aliphatic heterocycles. The molecule has 1 aromatic carbocycles. The smallest absolute Gasteiger partial charge is 0.162 e. The molecule has 0 aliphatic carbocycles. The van der Waals surface area contributed by atoms with Crippen LogP contribution in [0.1, 0.15) is 37.1 Å². The lowest BCUT2D eigenvalue weighted by atomic mass is 9.98. The van der Waals surface area contributed by atoms with E-state index < -0.39 is 0 Å². The Labute approximate surface area is 184 Å². The predicted molar refractivity (Wildman–Crippen MR) is 125 cm³/mol. The van der Waals surface area contributed by atoms with Crippen molar-refractivity contribution in [3.05, 3.63) is 72.2 Å². The van der Waals surface area contributed by atoms with Gasteiger partial charge in [-0.05, 0) is 50.8 Å². The Morgan fingerprint density at radius 3 is 3.03 bits per heavy atom. The summed E-state index contributed by atoms with van der Waals surface area (Å²) in [6.45, 7) is 6.52. The first-order valence-corrected chi connectivity index (χ1v) is 10.5. The molecule has 32 heavy (non-hydrogen) atoms. The molecule has 4 aromatic rings. The maximum atomic E-state index is 13.9. The van der Waals surface area contributed by atoms with Crippen molar-refractivity contribution in [2.75, 3.05) is 11.4 Å². The summed E-state index contributed by atoms with van der Waals surface area (Å²) in [5.41, 5.74) is 4.37. The molecule has 160 valence electrons. The Morgan fingerprint density at radius 1 is 1.28 bits per heavy atom. The van der Waals surface area contributed by atoms with E-state index in [1.54, 1.807) is 18.7 Å². The number of aromatic amines is 1. The van der Waals surface area contributed by atoms with Crippen LogP contribution in [-0.4, -0.2) is 38.2 Å². The molecule has 8 heteroatoms. The summed E-state index contributed by atoms with van der Waals surface area (Å²) in [6.07, 6.45) is 10.8. The van der Waals surface area contributed by atoms with E-state index in [0.29, 0.717) is 22.6 Å². The van der Waals surface area contributed by atoms with E-state index in [1.165, 1.54) is 12.1 Å². The number of fused-ring (bicyclic) bond motifs is 2. The molecule has 1 aliphatic rings. The molecule has 5 rings (SSSR count). The number of imidazole rings is 1. The van der Waals surface area contributed by atoms with Gasteiger partial charge in [0.15, 0.2) is 11.5 Å². The molecule has 1 N–H and O–H groups in total. The lowest BCUT2D eigenvalue weighted by Crippen LogP contribution is -2.25. The Balaban J connectivity index is 1.71. The van der Waals surface area contributed by atoms with Crippen molar-refractivity contribution in [3.8, 4) is 0 Å². The van der Waals surface area contributed by atoms with E-state index in [0.717, 1.165) is 41.7 Å². The quantitative estimate of drug-likeness (QED) is 0.358. The third kappa shape index (κ3) is 3.43. The van der Waals surface area contributed by atoms with Gasteiger partial charge in [0.1, 0.15) is 17.7 Å². The van der Waals surface area contributed by atoms with Crippen molar-refractivity contribution in [1.29, 1.82) is 0 Å². The molecule has 1 saturated heterocycles. The second kappa shape index (κ2) is 8.30. The van der Waals surface area contributed by atoms with Gasteiger partial charge in [0.25, 0.3) is 0 Å². The number of nitrogens with zero attached hydrogens (tertiary/aromatic N) is 6. The number of pyridine rings is 1. The summed E-state index contributed by atoms with van der Waals surface area (Å²) in [6, 6.07) is 6.76. The highest BCUT2D eigenvalue weighted by molar-refractivity contribution is 5.85. The minimum atomic E-state index is -0.321. The fourth-order valence-electron chi connectivity index (χ4n) is 4.32. The van der Waals surface area contributed by atoms with Crippen LogP contribution in [-0.2, 0) is 0 Å². The van der Waals surface area contributed by atoms with E-state index in [1.807, 2.05) is 25.2 Å². The molecule has 0 amide bonds. The summed E-state index contributed by atoms with van der Waals surface area (Å²) in [5, 5.41) is 0.874. The van der Waals surface area contributed by atoms with Gasteiger partial charge < -0.3 is 9.88 Å². The van der Waals surface area contributed by atoms with E-state index in [4.69, 9.17) is 4.98 Å². The number of halogens is 1. The second-order valence-corrected chi connectivity index (χ2v) is 7.65. The third-order valence-corrected chi connectivity index (χ3v) is 5.75. The van der Waals surface area contributed by atoms with Crippen LogP contribution in [0.2, 0.25) is 0 Å². The van der Waals surface area contributed by atoms with Crippen LogP contribution >= 0.6 is 0 Å². The Hall–Kier alpha value is -3.94. The zero-order valence-electron chi connectivity index (χ0n) is 17.7. The Bertz CT molecular complexity index is 1370. The number of aliphatic imine (C=N–C) groups is 1. The van der Waals surface area contributed by atoms with Crippen molar-refractivity contribution in [3.63, 3.8) is 0 Å². The lowest BCUT2D eigenvalue weighted by molar-refractivity contribution is 0.629. The van der Waals surface area contributed by atoms with Gasteiger partial charge in [0.2, 0.25) is 0 Å². The molecule has 3 aromatic heterocycles. The number of allylic oxidation sites excluding steroid dienone is 3. The minimum Gasteiger partial charge on any atom is -0.348 e. The number of hydrogen-bond donors (Lipinski definition) is 1. The van der Waals surface area contributed by atoms with Gasteiger partial charge in [-0.3, -0.25) is 4.99 Å². The molecular formula is C24H22FN7. The molecule has 0 spiro atoms. The van der Waals surface area contributed by atoms with Crippen LogP contribution in [0.3, 0.4) is 0 Å². The van der Waals surface area contributed by atoms with Crippen molar-refractivity contribution in [2.24, 2.45) is 4.99 Å². The maximum Gasteiger partial charge on any atom is 0.162 e. The van der Waals surface area contributed by atoms with Gasteiger partial charge in [0, 0.05) is 23.6 Å². The van der Waals surface area contributed by atoms with Gasteiger partial charge in [-0.2, -0.15) is 0 Å². The monoisotopic (exact) mass is 427 g/mol. The van der Waals surface area contributed by atoms with Gasteiger partial charge in [-0.15, -0.1) is 0 Å². The normalized spacial score (nSPS) is 17.1. The van der Waals surface area contributed by atoms with Crippen LogP contribution in [0.5, 0.6) is 0 Å². The van der Waals surface area contributed by atoms with Crippen LogP contribution in [0.15, 0.2) is 60.1 Å². The number of benzene rings is 1. The van der Waals surface area contributed by atoms with E-state index in [-0.39, 0.29) is 11.9 Å². The lowest BCUT2D eigenvalue weighted by Gasteiger charge is -2.27. The Kier molecular flexibility index (Phi) is 5.18. The van der Waals surface area contributed by atoms with Crippen molar-refractivity contribution < 1.29 is 4.39 Å². The van der Waals surface area contributed by atoms with Crippen LogP contribution in [0.4, 0.5) is 10.2 Å². The number of H-pyrrole nitrogens is 1. The van der Waals surface area contributed by atoms with Crippen molar-refractivity contribution in [2.45, 2.75) is 25.8 Å². The van der Waals surface area contributed by atoms with Crippen LogP contribution in [0.25, 0.3) is 27.8 Å². The summed E-state index contributed by atoms with van der Waals surface area (Å²) in [5.74, 6) is 0.466. The average Bonchev–Trinajstić information content (AvgIpc) is 3.48. The molecular weight excluding hydrogens is 405 g/mol. The number of hydrogen-bond acceptors (Lipinski definition) is 6. The third-order valence-electron chi connectivity index (χ3n) is 5.75. The molecule has 1 fully saturated rings. The average molecular weight is 427 g/mol. The standard InChI is InChI=1S/C24H22FN7/c1-3-4-6-18(26-2)21-17(11-15-8-9-16(25)12-19(15)31-21)20-7-5-10-32(20)24-22-23(28-13-27-22)29-14-30-24/h3-4,6,8-9,11-14,20H,2,5,7,10H2,1H3,(H,27,28,29,30)/b4-3-,18-6-/t20-/m0/s1. The van der Waals surface area contributed by atoms with Crippen LogP contribution in [0, 0.1) is 5.82 Å². The summed E-state index contributed by atoms with van der Waals surface area (Å²) < 4.78 is 13.9. The maximum absolute atomic E-state index is 13.9. The largest absolute Gasteiger partial charge is 0.348 e. The second-order valence-electron chi connectivity index (χ2n) is 7.65. The van der Waals surface area contributed by atoms with Gasteiger partial charge in [-0.25, -0.2) is 24.3 Å². The zero-order chi connectivity index (χ0) is 22.1. The van der Waals surface area contributed by atoms with Crippen LogP contribution < -0.4 is 4.90 Å². The number of nitrogens with one attached hydrogen (secondary N) is 1. The molecule has 0 bridgehead atoms. The number of rotatable bonds is 5. The molecule has 0 radical (unpaired) electrons. The van der Waals surface area contributed by atoms with E-state index in [2.05, 4.69) is 42.6 Å². The summed E-state index contributed by atoms with van der Waals surface area (Å²) in [4.78, 5) is 27.6. The first-order chi connectivity index (χ1) is 15.7. The van der Waals surface area contributed by atoms with Crippen molar-refractivity contribution in [1.82, 2.24) is 24.9 Å². The molecule has 4 heterocycles. The molecule has 1 atom stereocenters. The SMILES string of the molecule is C=N/C(=C\C=C/C)c1nc2cc(F)ccc2cc1[C@@H]1CCCN1c1ncnc2[nH]cnc12. The first kappa shape index (κ1) is 20.0. The summed E-state index contributed by atoms with van der Waals surface area (Å²) >= 11 is 0. The van der Waals surface area contributed by atoms with Gasteiger partial charge in [-0.1, -0.05) is 12.2 Å². The fraction of sp³-hybridized carbons (Fsp3) is 0.208. The highest BCUT2D eigenvalue weighted by atomic mass is 19.1. The van der Waals surface area contributed by atoms with Gasteiger partial charge >= 0.3 is 0 Å². The zero-order valence-corrected chi connectivity index (χ0v) is 17.7. The number of aromatic nitrogens is 5. The first-order valence-electron chi connectivity index (χ1n) is 10.5. The highest BCUT2D eigenvalue weighted by Crippen LogP contribution is 2.40. The molecule has 0 unspecified atom stereocenters. The predicted octanol–water partition coefficient (Wildman–Crippen LogP) is 5.00. The molecule has 7 nitrogen and oxygen atoms in total. The fourth-order valence-corrected chi connectivity index (χ4v) is 4.32. The summed E-state index contributed by atoms with van der Waals surface area (Å²) in [7, 11) is 0.